The molecule has 1 heteroatoms. The van der Waals surface area contributed by atoms with E-state index < -0.39 is 0 Å². The lowest BCUT2D eigenvalue weighted by Gasteiger charge is -2.29. The van der Waals surface area contributed by atoms with Crippen LogP contribution in [0.5, 0.6) is 0 Å². The van der Waals surface area contributed by atoms with Crippen LogP contribution in [-0.4, -0.2) is 6.04 Å². The maximum absolute atomic E-state index is 5.86. The lowest BCUT2D eigenvalue weighted by Crippen LogP contribution is -2.29. The molecule has 0 saturated heterocycles. The van der Waals surface area contributed by atoms with Gasteiger partial charge in [-0.2, -0.15) is 0 Å². The van der Waals surface area contributed by atoms with Crippen molar-refractivity contribution in [2.75, 3.05) is 0 Å². The Hall–Kier alpha value is -0.0400. The van der Waals surface area contributed by atoms with Gasteiger partial charge < -0.3 is 5.73 Å². The quantitative estimate of drug-likeness (QED) is 0.644. The molecule has 0 aliphatic heterocycles. The normalized spacial score (nSPS) is 29.5. The minimum Gasteiger partial charge on any atom is -0.328 e. The van der Waals surface area contributed by atoms with Gasteiger partial charge in [0.05, 0.1) is 0 Å². The van der Waals surface area contributed by atoms with E-state index in [0.717, 1.165) is 11.8 Å². The molecule has 0 radical (unpaired) electrons. The first-order valence-corrected chi connectivity index (χ1v) is 5.45. The van der Waals surface area contributed by atoms with E-state index in [1.54, 1.807) is 0 Å². The van der Waals surface area contributed by atoms with Gasteiger partial charge in [-0.1, -0.05) is 40.5 Å². The smallest absolute Gasteiger partial charge is 0.00415 e. The third kappa shape index (κ3) is 4.10. The zero-order valence-corrected chi connectivity index (χ0v) is 9.14. The standard InChI is InChI=1S/C9H19N.C2H6/c1-7(2)8-4-3-5-9(10)6-8;1-2/h7-9H,3-6,10H2,1-2H3;1-2H3. The van der Waals surface area contributed by atoms with E-state index in [9.17, 15) is 0 Å². The van der Waals surface area contributed by atoms with Gasteiger partial charge in [0.25, 0.3) is 0 Å². The molecule has 0 aromatic heterocycles. The van der Waals surface area contributed by atoms with Crippen LogP contribution < -0.4 is 5.73 Å². The Labute approximate surface area is 77.7 Å². The van der Waals surface area contributed by atoms with E-state index in [2.05, 4.69) is 13.8 Å². The summed E-state index contributed by atoms with van der Waals surface area (Å²) in [6.45, 7) is 8.62. The van der Waals surface area contributed by atoms with Crippen molar-refractivity contribution in [3.63, 3.8) is 0 Å². The maximum atomic E-state index is 5.86. The molecule has 2 N–H and O–H groups in total. The Morgan fingerprint density at radius 2 is 1.75 bits per heavy atom. The lowest BCUT2D eigenvalue weighted by molar-refractivity contribution is 0.255. The van der Waals surface area contributed by atoms with Crippen molar-refractivity contribution in [1.29, 1.82) is 0 Å². The fraction of sp³-hybridized carbons (Fsp3) is 1.00. The van der Waals surface area contributed by atoms with Crippen LogP contribution in [0, 0.1) is 11.8 Å². The fourth-order valence-corrected chi connectivity index (χ4v) is 1.87. The second kappa shape index (κ2) is 6.47. The molecular weight excluding hydrogens is 146 g/mol. The monoisotopic (exact) mass is 171 g/mol. The zero-order chi connectivity index (χ0) is 9.56. The molecule has 1 aliphatic carbocycles. The van der Waals surface area contributed by atoms with Crippen molar-refractivity contribution in [2.24, 2.45) is 17.6 Å². The van der Waals surface area contributed by atoms with Crippen LogP contribution >= 0.6 is 0 Å². The van der Waals surface area contributed by atoms with Gasteiger partial charge in [0.15, 0.2) is 0 Å². The van der Waals surface area contributed by atoms with E-state index in [0.29, 0.717) is 6.04 Å². The highest BCUT2D eigenvalue weighted by molar-refractivity contribution is 4.76. The van der Waals surface area contributed by atoms with Gasteiger partial charge in [0.2, 0.25) is 0 Å². The molecule has 12 heavy (non-hydrogen) atoms. The van der Waals surface area contributed by atoms with Crippen LogP contribution in [0.4, 0.5) is 0 Å². The Morgan fingerprint density at radius 3 is 2.08 bits per heavy atom. The number of nitrogens with two attached hydrogens (primary N) is 1. The molecular formula is C11H25N. The summed E-state index contributed by atoms with van der Waals surface area (Å²) < 4.78 is 0. The molecule has 0 heterocycles. The third-order valence-corrected chi connectivity index (χ3v) is 2.70. The molecule has 2 atom stereocenters. The van der Waals surface area contributed by atoms with Crippen LogP contribution in [0.1, 0.15) is 53.4 Å². The number of hydrogen-bond donors (Lipinski definition) is 1. The SMILES string of the molecule is CC.CC(C)C1CCCC(N)C1. The van der Waals surface area contributed by atoms with Crippen molar-refractivity contribution in [1.82, 2.24) is 0 Å². The van der Waals surface area contributed by atoms with E-state index in [-0.39, 0.29) is 0 Å². The van der Waals surface area contributed by atoms with Gasteiger partial charge >= 0.3 is 0 Å². The Balaban J connectivity index is 0.000000561. The molecule has 0 aromatic carbocycles. The summed E-state index contributed by atoms with van der Waals surface area (Å²) in [6.07, 6.45) is 5.27. The number of rotatable bonds is 1. The first-order chi connectivity index (χ1) is 5.70. The van der Waals surface area contributed by atoms with Crippen molar-refractivity contribution in [2.45, 2.75) is 59.4 Å². The molecule has 0 aromatic rings. The average Bonchev–Trinajstić information content (AvgIpc) is 2.08. The van der Waals surface area contributed by atoms with E-state index in [1.807, 2.05) is 13.8 Å². The van der Waals surface area contributed by atoms with Crippen molar-refractivity contribution in [3.05, 3.63) is 0 Å². The minimum atomic E-state index is 0.501. The molecule has 1 aliphatic rings. The first kappa shape index (κ1) is 12.0. The van der Waals surface area contributed by atoms with Crippen LogP contribution in [0.3, 0.4) is 0 Å². The third-order valence-electron chi connectivity index (χ3n) is 2.70. The van der Waals surface area contributed by atoms with E-state index in [1.165, 1.54) is 25.7 Å². The van der Waals surface area contributed by atoms with Crippen molar-refractivity contribution >= 4 is 0 Å². The van der Waals surface area contributed by atoms with Crippen LogP contribution in [0.2, 0.25) is 0 Å². The summed E-state index contributed by atoms with van der Waals surface area (Å²) >= 11 is 0. The van der Waals surface area contributed by atoms with Crippen molar-refractivity contribution in [3.8, 4) is 0 Å². The highest BCUT2D eigenvalue weighted by atomic mass is 14.6. The molecule has 1 nitrogen and oxygen atoms in total. The summed E-state index contributed by atoms with van der Waals surface area (Å²) in [4.78, 5) is 0. The zero-order valence-electron chi connectivity index (χ0n) is 9.14. The Kier molecular flexibility index (Phi) is 6.45. The highest BCUT2D eigenvalue weighted by Crippen LogP contribution is 2.28. The van der Waals surface area contributed by atoms with Gasteiger partial charge in [-0.25, -0.2) is 0 Å². The topological polar surface area (TPSA) is 26.0 Å². The molecule has 74 valence electrons. The predicted molar refractivity (Wildman–Crippen MR) is 56.1 cm³/mol. The predicted octanol–water partition coefficient (Wildman–Crippen LogP) is 3.19. The second-order valence-corrected chi connectivity index (χ2v) is 3.93. The summed E-state index contributed by atoms with van der Waals surface area (Å²) in [6, 6.07) is 0.501. The lowest BCUT2D eigenvalue weighted by atomic mass is 9.80. The van der Waals surface area contributed by atoms with Gasteiger partial charge in [-0.3, -0.25) is 0 Å². The highest BCUT2D eigenvalue weighted by Gasteiger charge is 2.21. The Bertz CT molecular complexity index is 99.2. The van der Waals surface area contributed by atoms with Crippen LogP contribution in [-0.2, 0) is 0 Å². The molecule has 0 amide bonds. The van der Waals surface area contributed by atoms with Gasteiger partial charge in [0.1, 0.15) is 0 Å². The molecule has 0 spiro atoms. The maximum Gasteiger partial charge on any atom is 0.00415 e. The molecule has 0 bridgehead atoms. The fourth-order valence-electron chi connectivity index (χ4n) is 1.87. The molecule has 1 fully saturated rings. The van der Waals surface area contributed by atoms with Crippen molar-refractivity contribution < 1.29 is 0 Å². The first-order valence-electron chi connectivity index (χ1n) is 5.45. The summed E-state index contributed by atoms with van der Waals surface area (Å²) in [5.41, 5.74) is 5.86. The van der Waals surface area contributed by atoms with Gasteiger partial charge in [-0.05, 0) is 24.7 Å². The molecule has 1 saturated carbocycles. The van der Waals surface area contributed by atoms with E-state index in [4.69, 9.17) is 5.73 Å². The second-order valence-electron chi connectivity index (χ2n) is 3.93. The minimum absolute atomic E-state index is 0.501. The summed E-state index contributed by atoms with van der Waals surface area (Å²) in [7, 11) is 0. The molecule has 1 rings (SSSR count). The van der Waals surface area contributed by atoms with Crippen LogP contribution in [0.25, 0.3) is 0 Å². The molecule has 2 unspecified atom stereocenters. The number of hydrogen-bond acceptors (Lipinski definition) is 1. The van der Waals surface area contributed by atoms with Gasteiger partial charge in [-0.15, -0.1) is 0 Å². The van der Waals surface area contributed by atoms with Crippen LogP contribution in [0.15, 0.2) is 0 Å². The summed E-state index contributed by atoms with van der Waals surface area (Å²) in [5.74, 6) is 1.75. The largest absolute Gasteiger partial charge is 0.328 e. The van der Waals surface area contributed by atoms with E-state index >= 15 is 0 Å². The summed E-state index contributed by atoms with van der Waals surface area (Å²) in [5, 5.41) is 0. The Morgan fingerprint density at radius 1 is 1.17 bits per heavy atom. The van der Waals surface area contributed by atoms with Gasteiger partial charge in [0, 0.05) is 6.04 Å². The average molecular weight is 171 g/mol.